The second-order valence-electron chi connectivity index (χ2n) is 4.80. The first-order valence-corrected chi connectivity index (χ1v) is 6.02. The summed E-state index contributed by atoms with van der Waals surface area (Å²) in [5, 5.41) is 8.78. The highest BCUT2D eigenvalue weighted by atomic mass is 16.4. The van der Waals surface area contributed by atoms with Gasteiger partial charge in [0, 0.05) is 33.2 Å². The van der Waals surface area contributed by atoms with E-state index in [4.69, 9.17) is 10.8 Å². The summed E-state index contributed by atoms with van der Waals surface area (Å²) in [6.07, 6.45) is -0.0433. The molecule has 0 saturated heterocycles. The van der Waals surface area contributed by atoms with Crippen molar-refractivity contribution in [2.24, 2.45) is 5.73 Å². The summed E-state index contributed by atoms with van der Waals surface area (Å²) in [5.74, 6) is -0.870. The van der Waals surface area contributed by atoms with Crippen LogP contribution in [0.2, 0.25) is 0 Å². The van der Waals surface area contributed by atoms with Crippen molar-refractivity contribution >= 4 is 17.3 Å². The maximum Gasteiger partial charge on any atom is 0.305 e. The van der Waals surface area contributed by atoms with Gasteiger partial charge < -0.3 is 20.6 Å². The van der Waals surface area contributed by atoms with Crippen LogP contribution in [0.4, 0.5) is 11.4 Å². The minimum Gasteiger partial charge on any atom is -0.481 e. The molecule has 1 aromatic carbocycles. The highest BCUT2D eigenvalue weighted by molar-refractivity contribution is 5.74. The standard InChI is InChI=1S/C13H19N3O2/c1-15-5-6-16(2)12-7-9(3-4-11(12)15)10(14)8-13(17)18/h3-4,7,10H,5-6,8,14H2,1-2H3,(H,17,18). The Morgan fingerprint density at radius 2 is 1.94 bits per heavy atom. The average molecular weight is 249 g/mol. The summed E-state index contributed by atoms with van der Waals surface area (Å²) < 4.78 is 0. The van der Waals surface area contributed by atoms with Gasteiger partial charge in [0.1, 0.15) is 0 Å². The fourth-order valence-corrected chi connectivity index (χ4v) is 2.25. The van der Waals surface area contributed by atoms with Gasteiger partial charge >= 0.3 is 5.97 Å². The molecule has 0 aromatic heterocycles. The molecule has 1 heterocycles. The van der Waals surface area contributed by atoms with E-state index in [0.29, 0.717) is 0 Å². The predicted octanol–water partition coefficient (Wildman–Crippen LogP) is 1.05. The Hall–Kier alpha value is -1.75. The van der Waals surface area contributed by atoms with Gasteiger partial charge in [0.25, 0.3) is 0 Å². The molecule has 1 aliphatic rings. The largest absolute Gasteiger partial charge is 0.481 e. The van der Waals surface area contributed by atoms with Gasteiger partial charge in [-0.15, -0.1) is 0 Å². The third kappa shape index (κ3) is 2.41. The first kappa shape index (κ1) is 12.7. The zero-order valence-electron chi connectivity index (χ0n) is 10.8. The zero-order chi connectivity index (χ0) is 13.3. The molecule has 5 nitrogen and oxygen atoms in total. The Labute approximate surface area is 107 Å². The van der Waals surface area contributed by atoms with E-state index in [-0.39, 0.29) is 6.42 Å². The Kier molecular flexibility index (Phi) is 3.43. The molecule has 1 aromatic rings. The summed E-state index contributed by atoms with van der Waals surface area (Å²) in [6, 6.07) is 5.48. The summed E-state index contributed by atoms with van der Waals surface area (Å²) in [7, 11) is 4.10. The molecular formula is C13H19N3O2. The number of nitrogens with zero attached hydrogens (tertiary/aromatic N) is 2. The monoisotopic (exact) mass is 249 g/mol. The van der Waals surface area contributed by atoms with Crippen LogP contribution in [0.3, 0.4) is 0 Å². The number of aliphatic carboxylic acids is 1. The second kappa shape index (κ2) is 4.86. The Morgan fingerprint density at radius 1 is 1.33 bits per heavy atom. The van der Waals surface area contributed by atoms with Crippen molar-refractivity contribution in [3.63, 3.8) is 0 Å². The molecule has 2 rings (SSSR count). The Bertz CT molecular complexity index is 462. The molecule has 18 heavy (non-hydrogen) atoms. The summed E-state index contributed by atoms with van der Waals surface area (Å²) in [5.41, 5.74) is 9.04. The van der Waals surface area contributed by atoms with Crippen LogP contribution in [0.5, 0.6) is 0 Å². The van der Waals surface area contributed by atoms with Crippen LogP contribution in [0, 0.1) is 0 Å². The van der Waals surface area contributed by atoms with Crippen molar-refractivity contribution in [1.82, 2.24) is 0 Å². The fourth-order valence-electron chi connectivity index (χ4n) is 2.25. The number of benzene rings is 1. The SMILES string of the molecule is CN1CCN(C)c2cc(C(N)CC(=O)O)ccc21. The fraction of sp³-hybridized carbons (Fsp3) is 0.462. The molecule has 1 unspecified atom stereocenters. The molecule has 98 valence electrons. The highest BCUT2D eigenvalue weighted by Crippen LogP contribution is 2.33. The third-order valence-corrected chi connectivity index (χ3v) is 3.42. The molecule has 1 atom stereocenters. The van der Waals surface area contributed by atoms with Gasteiger partial charge in [-0.25, -0.2) is 0 Å². The van der Waals surface area contributed by atoms with Crippen molar-refractivity contribution in [3.8, 4) is 0 Å². The molecule has 1 aliphatic heterocycles. The number of hydrogen-bond donors (Lipinski definition) is 2. The number of likely N-dealkylation sites (N-methyl/N-ethyl adjacent to an activating group) is 2. The lowest BCUT2D eigenvalue weighted by Gasteiger charge is -2.35. The van der Waals surface area contributed by atoms with Gasteiger partial charge in [0.15, 0.2) is 0 Å². The van der Waals surface area contributed by atoms with Crippen LogP contribution in [-0.2, 0) is 4.79 Å². The normalized spacial score (nSPS) is 16.4. The molecule has 0 fully saturated rings. The van der Waals surface area contributed by atoms with E-state index >= 15 is 0 Å². The highest BCUT2D eigenvalue weighted by Gasteiger charge is 2.19. The predicted molar refractivity (Wildman–Crippen MR) is 72.2 cm³/mol. The second-order valence-corrected chi connectivity index (χ2v) is 4.80. The van der Waals surface area contributed by atoms with Gasteiger partial charge in [0.2, 0.25) is 0 Å². The number of nitrogens with two attached hydrogens (primary N) is 1. The molecule has 0 saturated carbocycles. The van der Waals surface area contributed by atoms with Crippen LogP contribution in [-0.4, -0.2) is 38.3 Å². The van der Waals surface area contributed by atoms with Crippen molar-refractivity contribution in [1.29, 1.82) is 0 Å². The minimum absolute atomic E-state index is 0.0433. The Morgan fingerprint density at radius 3 is 2.56 bits per heavy atom. The number of carboxylic acid groups (broad SMARTS) is 1. The number of hydrogen-bond acceptors (Lipinski definition) is 4. The first-order valence-electron chi connectivity index (χ1n) is 6.02. The van der Waals surface area contributed by atoms with Gasteiger partial charge in [-0.2, -0.15) is 0 Å². The number of fused-ring (bicyclic) bond motifs is 1. The van der Waals surface area contributed by atoms with E-state index in [0.717, 1.165) is 30.0 Å². The Balaban J connectivity index is 2.31. The van der Waals surface area contributed by atoms with E-state index < -0.39 is 12.0 Å². The van der Waals surface area contributed by atoms with Crippen LogP contribution in [0.1, 0.15) is 18.0 Å². The maximum atomic E-state index is 10.7. The van der Waals surface area contributed by atoms with Crippen LogP contribution >= 0.6 is 0 Å². The lowest BCUT2D eigenvalue weighted by Crippen LogP contribution is -2.36. The number of rotatable bonds is 3. The smallest absolute Gasteiger partial charge is 0.305 e. The van der Waals surface area contributed by atoms with E-state index in [1.54, 1.807) is 0 Å². The topological polar surface area (TPSA) is 69.8 Å². The third-order valence-electron chi connectivity index (χ3n) is 3.42. The van der Waals surface area contributed by atoms with Gasteiger partial charge in [0.05, 0.1) is 17.8 Å². The van der Waals surface area contributed by atoms with Crippen LogP contribution in [0.15, 0.2) is 18.2 Å². The molecule has 0 aliphatic carbocycles. The zero-order valence-corrected chi connectivity index (χ0v) is 10.8. The maximum absolute atomic E-state index is 10.7. The van der Waals surface area contributed by atoms with Gasteiger partial charge in [-0.1, -0.05) is 6.07 Å². The average Bonchev–Trinajstić information content (AvgIpc) is 2.33. The van der Waals surface area contributed by atoms with Gasteiger partial charge in [-0.05, 0) is 17.7 Å². The van der Waals surface area contributed by atoms with Gasteiger partial charge in [-0.3, -0.25) is 4.79 Å². The molecular weight excluding hydrogens is 230 g/mol. The van der Waals surface area contributed by atoms with E-state index in [1.807, 2.05) is 25.2 Å². The van der Waals surface area contributed by atoms with E-state index in [1.165, 1.54) is 0 Å². The molecule has 0 radical (unpaired) electrons. The van der Waals surface area contributed by atoms with Crippen LogP contribution in [0.25, 0.3) is 0 Å². The van der Waals surface area contributed by atoms with Crippen molar-refractivity contribution in [2.45, 2.75) is 12.5 Å². The number of carbonyl (C=O) groups is 1. The van der Waals surface area contributed by atoms with Crippen molar-refractivity contribution in [3.05, 3.63) is 23.8 Å². The van der Waals surface area contributed by atoms with E-state index in [9.17, 15) is 4.79 Å². The summed E-state index contributed by atoms with van der Waals surface area (Å²) in [4.78, 5) is 15.1. The lowest BCUT2D eigenvalue weighted by atomic mass is 10.0. The van der Waals surface area contributed by atoms with Crippen molar-refractivity contribution in [2.75, 3.05) is 37.0 Å². The number of anilines is 2. The lowest BCUT2D eigenvalue weighted by molar-refractivity contribution is -0.137. The number of carboxylic acids is 1. The molecule has 3 N–H and O–H groups in total. The summed E-state index contributed by atoms with van der Waals surface area (Å²) in [6.45, 7) is 1.95. The van der Waals surface area contributed by atoms with Crippen molar-refractivity contribution < 1.29 is 9.90 Å². The molecule has 0 bridgehead atoms. The molecule has 5 heteroatoms. The van der Waals surface area contributed by atoms with Crippen LogP contribution < -0.4 is 15.5 Å². The quantitative estimate of drug-likeness (QED) is 0.838. The van der Waals surface area contributed by atoms with E-state index in [2.05, 4.69) is 16.8 Å². The molecule has 0 amide bonds. The first-order chi connectivity index (χ1) is 8.49. The summed E-state index contributed by atoms with van der Waals surface area (Å²) >= 11 is 0. The minimum atomic E-state index is -0.870. The molecule has 0 spiro atoms.